The van der Waals surface area contributed by atoms with Crippen LogP contribution in [0.15, 0.2) is 78.9 Å². The van der Waals surface area contributed by atoms with E-state index in [1.54, 1.807) is 0 Å². The van der Waals surface area contributed by atoms with Crippen molar-refractivity contribution in [1.29, 1.82) is 0 Å². The first-order chi connectivity index (χ1) is 14.3. The van der Waals surface area contributed by atoms with Gasteiger partial charge in [0.25, 0.3) is 0 Å². The van der Waals surface area contributed by atoms with Crippen molar-refractivity contribution in [2.45, 2.75) is 13.0 Å². The molecule has 29 heavy (non-hydrogen) atoms. The molecular formula is C23H20N6. The van der Waals surface area contributed by atoms with E-state index in [0.29, 0.717) is 12.4 Å². The lowest BCUT2D eigenvalue weighted by atomic mass is 10.0. The molecule has 0 bridgehead atoms. The highest BCUT2D eigenvalue weighted by molar-refractivity contribution is 5.92. The highest BCUT2D eigenvalue weighted by Crippen LogP contribution is 2.28. The molecule has 2 aromatic heterocycles. The summed E-state index contributed by atoms with van der Waals surface area (Å²) in [5, 5.41) is 17.0. The molecule has 0 amide bonds. The summed E-state index contributed by atoms with van der Waals surface area (Å²) in [6.07, 6.45) is 0.745. The highest BCUT2D eigenvalue weighted by atomic mass is 15.4. The van der Waals surface area contributed by atoms with Crippen LogP contribution in [-0.2, 0) is 13.0 Å². The van der Waals surface area contributed by atoms with Gasteiger partial charge in [0.1, 0.15) is 5.69 Å². The Hall–Kier alpha value is -3.93. The molecule has 0 aliphatic rings. The number of aromatic nitrogens is 5. The molecule has 3 N–H and O–H groups in total. The quantitative estimate of drug-likeness (QED) is 0.482. The molecule has 3 aromatic carbocycles. The van der Waals surface area contributed by atoms with E-state index in [2.05, 4.69) is 56.9 Å². The molecule has 0 saturated carbocycles. The van der Waals surface area contributed by atoms with Crippen LogP contribution in [0.3, 0.4) is 0 Å². The molecule has 0 radical (unpaired) electrons. The van der Waals surface area contributed by atoms with Crippen molar-refractivity contribution in [1.82, 2.24) is 25.2 Å². The van der Waals surface area contributed by atoms with E-state index in [1.165, 1.54) is 11.1 Å². The standard InChI is InChI=1S/C23H20N6/c24-23-19-14-18(11-12-20(19)25-27-23)22-21(13-16-7-3-1-4-8-16)29(28-26-22)15-17-9-5-2-6-10-17/h1-12,14H,13,15H2,(H3,24,25,27). The van der Waals surface area contributed by atoms with Gasteiger partial charge in [-0.05, 0) is 23.3 Å². The zero-order valence-electron chi connectivity index (χ0n) is 15.8. The fourth-order valence-corrected chi connectivity index (χ4v) is 3.59. The van der Waals surface area contributed by atoms with E-state index < -0.39 is 0 Å². The van der Waals surface area contributed by atoms with Crippen LogP contribution in [0.25, 0.3) is 22.2 Å². The molecule has 0 aliphatic heterocycles. The number of anilines is 1. The van der Waals surface area contributed by atoms with Gasteiger partial charge in [-0.25, -0.2) is 4.68 Å². The molecule has 0 unspecified atom stereocenters. The lowest BCUT2D eigenvalue weighted by Gasteiger charge is -2.09. The van der Waals surface area contributed by atoms with E-state index in [1.807, 2.05) is 47.1 Å². The normalized spacial score (nSPS) is 11.2. The van der Waals surface area contributed by atoms with Crippen LogP contribution < -0.4 is 5.73 Å². The van der Waals surface area contributed by atoms with Crippen LogP contribution in [0.4, 0.5) is 5.82 Å². The average molecular weight is 380 g/mol. The Morgan fingerprint density at radius 1 is 0.862 bits per heavy atom. The van der Waals surface area contributed by atoms with Crippen molar-refractivity contribution in [2.24, 2.45) is 0 Å². The first kappa shape index (κ1) is 17.2. The topological polar surface area (TPSA) is 85.4 Å². The Balaban J connectivity index is 1.60. The van der Waals surface area contributed by atoms with Gasteiger partial charge in [-0.1, -0.05) is 71.9 Å². The maximum Gasteiger partial charge on any atom is 0.153 e. The summed E-state index contributed by atoms with van der Waals surface area (Å²) in [6.45, 7) is 0.673. The Labute approximate surface area is 168 Å². The van der Waals surface area contributed by atoms with Crippen LogP contribution in [0.5, 0.6) is 0 Å². The van der Waals surface area contributed by atoms with Crippen LogP contribution >= 0.6 is 0 Å². The molecule has 6 heteroatoms. The third-order valence-electron chi connectivity index (χ3n) is 5.09. The fourth-order valence-electron chi connectivity index (χ4n) is 3.59. The highest BCUT2D eigenvalue weighted by Gasteiger charge is 2.17. The average Bonchev–Trinajstić information content (AvgIpc) is 3.33. The van der Waals surface area contributed by atoms with Crippen LogP contribution in [0, 0.1) is 0 Å². The van der Waals surface area contributed by atoms with Crippen molar-refractivity contribution >= 4 is 16.7 Å². The Morgan fingerprint density at radius 2 is 1.59 bits per heavy atom. The fraction of sp³-hybridized carbons (Fsp3) is 0.0870. The number of hydrogen-bond donors (Lipinski definition) is 2. The predicted octanol–water partition coefficient (Wildman–Crippen LogP) is 4.04. The number of fused-ring (bicyclic) bond motifs is 1. The maximum atomic E-state index is 6.01. The molecule has 142 valence electrons. The van der Waals surface area contributed by atoms with Crippen molar-refractivity contribution < 1.29 is 0 Å². The van der Waals surface area contributed by atoms with Crippen molar-refractivity contribution in [2.75, 3.05) is 5.73 Å². The summed E-state index contributed by atoms with van der Waals surface area (Å²) in [7, 11) is 0. The molecule has 0 spiro atoms. The second-order valence-electron chi connectivity index (χ2n) is 7.06. The number of hydrogen-bond acceptors (Lipinski definition) is 4. The molecule has 5 rings (SSSR count). The number of H-pyrrole nitrogens is 1. The minimum atomic E-state index is 0.489. The van der Waals surface area contributed by atoms with Crippen molar-refractivity contribution in [3.8, 4) is 11.3 Å². The smallest absolute Gasteiger partial charge is 0.153 e. The van der Waals surface area contributed by atoms with Gasteiger partial charge in [0.15, 0.2) is 5.82 Å². The molecule has 0 aliphatic carbocycles. The Kier molecular flexibility index (Phi) is 4.29. The summed E-state index contributed by atoms with van der Waals surface area (Å²) in [5.74, 6) is 0.489. The second-order valence-corrected chi connectivity index (χ2v) is 7.06. The lowest BCUT2D eigenvalue weighted by molar-refractivity contribution is 0.625. The van der Waals surface area contributed by atoms with Gasteiger partial charge >= 0.3 is 0 Å². The van der Waals surface area contributed by atoms with E-state index in [9.17, 15) is 0 Å². The Morgan fingerprint density at radius 3 is 2.34 bits per heavy atom. The second kappa shape index (κ2) is 7.24. The molecule has 6 nitrogen and oxygen atoms in total. The molecule has 0 atom stereocenters. The molecule has 0 saturated heterocycles. The maximum absolute atomic E-state index is 6.01. The zero-order chi connectivity index (χ0) is 19.6. The van der Waals surface area contributed by atoms with Gasteiger partial charge in [0.2, 0.25) is 0 Å². The summed E-state index contributed by atoms with van der Waals surface area (Å²) in [4.78, 5) is 0. The van der Waals surface area contributed by atoms with Crippen LogP contribution in [0.2, 0.25) is 0 Å². The summed E-state index contributed by atoms with van der Waals surface area (Å²) in [6, 6.07) is 26.7. The first-order valence-corrected chi connectivity index (χ1v) is 9.52. The molecule has 0 fully saturated rings. The Bertz CT molecular complexity index is 1250. The molecular weight excluding hydrogens is 360 g/mol. The molecule has 5 aromatic rings. The van der Waals surface area contributed by atoms with Crippen LogP contribution in [-0.4, -0.2) is 25.2 Å². The van der Waals surface area contributed by atoms with E-state index in [0.717, 1.165) is 34.3 Å². The lowest BCUT2D eigenvalue weighted by Crippen LogP contribution is -2.07. The number of nitrogens with two attached hydrogens (primary N) is 1. The number of rotatable bonds is 5. The largest absolute Gasteiger partial charge is 0.382 e. The van der Waals surface area contributed by atoms with Crippen LogP contribution in [0.1, 0.15) is 16.8 Å². The van der Waals surface area contributed by atoms with Gasteiger partial charge in [-0.2, -0.15) is 5.10 Å². The minimum Gasteiger partial charge on any atom is -0.382 e. The zero-order valence-corrected chi connectivity index (χ0v) is 15.8. The minimum absolute atomic E-state index is 0.489. The molecule has 2 heterocycles. The van der Waals surface area contributed by atoms with Crippen molar-refractivity contribution in [3.05, 3.63) is 95.7 Å². The third-order valence-corrected chi connectivity index (χ3v) is 5.09. The van der Waals surface area contributed by atoms with Gasteiger partial charge in [0, 0.05) is 17.4 Å². The number of nitrogens with zero attached hydrogens (tertiary/aromatic N) is 4. The monoisotopic (exact) mass is 380 g/mol. The van der Waals surface area contributed by atoms with Gasteiger partial charge in [-0.3, -0.25) is 5.10 Å². The predicted molar refractivity (Wildman–Crippen MR) is 114 cm³/mol. The number of benzene rings is 3. The summed E-state index contributed by atoms with van der Waals surface area (Å²) in [5.41, 5.74) is 12.2. The number of nitrogens with one attached hydrogen (secondary N) is 1. The van der Waals surface area contributed by atoms with E-state index in [-0.39, 0.29) is 0 Å². The van der Waals surface area contributed by atoms with E-state index >= 15 is 0 Å². The number of aromatic amines is 1. The summed E-state index contributed by atoms with van der Waals surface area (Å²) < 4.78 is 1.99. The third kappa shape index (κ3) is 3.36. The van der Waals surface area contributed by atoms with Gasteiger partial charge < -0.3 is 5.73 Å². The first-order valence-electron chi connectivity index (χ1n) is 9.52. The van der Waals surface area contributed by atoms with E-state index in [4.69, 9.17) is 5.73 Å². The van der Waals surface area contributed by atoms with Gasteiger partial charge in [-0.15, -0.1) is 5.10 Å². The number of nitrogen functional groups attached to an aromatic ring is 1. The SMILES string of the molecule is Nc1n[nH]c2ccc(-c3nnn(Cc4ccccc4)c3Cc3ccccc3)cc12. The van der Waals surface area contributed by atoms with Crippen molar-refractivity contribution in [3.63, 3.8) is 0 Å². The van der Waals surface area contributed by atoms with Gasteiger partial charge in [0.05, 0.1) is 17.8 Å². The summed E-state index contributed by atoms with van der Waals surface area (Å²) >= 11 is 0.